The summed E-state index contributed by atoms with van der Waals surface area (Å²) in [6, 6.07) is 7.91. The Morgan fingerprint density at radius 1 is 1.18 bits per heavy atom. The summed E-state index contributed by atoms with van der Waals surface area (Å²) in [5, 5.41) is 13.9. The van der Waals surface area contributed by atoms with Crippen LogP contribution in [0.15, 0.2) is 24.3 Å². The van der Waals surface area contributed by atoms with E-state index in [-0.39, 0.29) is 17.9 Å². The Bertz CT molecular complexity index is 1520. The topological polar surface area (TPSA) is 101 Å². The zero-order chi connectivity index (χ0) is 28.6. The van der Waals surface area contributed by atoms with Gasteiger partial charge in [-0.25, -0.2) is 4.98 Å². The molecule has 1 aromatic carbocycles. The molecule has 210 valence electrons. The van der Waals surface area contributed by atoms with Crippen LogP contribution in [-0.4, -0.2) is 50.9 Å². The van der Waals surface area contributed by atoms with Crippen molar-refractivity contribution in [3.05, 3.63) is 33.4 Å². The number of aliphatic carboxylic acids is 1. The molecule has 1 aliphatic heterocycles. The Morgan fingerprint density at radius 3 is 2.58 bits per heavy atom. The SMILES string of the molecule is CC#CC(=O)N(c1ccc2c(n1)c(O[C@H]1CC[C@@H](C(=O)O)CC1)nn2C)c1cc(C)c(I)cc1N1CC[C@@H](C)C1. The van der Waals surface area contributed by atoms with Crippen LogP contribution in [0.2, 0.25) is 0 Å². The van der Waals surface area contributed by atoms with E-state index >= 15 is 0 Å². The normalized spacial score (nSPS) is 20.7. The van der Waals surface area contributed by atoms with Gasteiger partial charge < -0.3 is 14.7 Å². The first kappa shape index (κ1) is 28.2. The lowest BCUT2D eigenvalue weighted by atomic mass is 9.87. The van der Waals surface area contributed by atoms with E-state index in [0.717, 1.165) is 45.5 Å². The molecular weight excluding hydrogens is 621 g/mol. The molecule has 2 aromatic heterocycles. The second kappa shape index (κ2) is 11.6. The molecule has 1 atom stereocenters. The van der Waals surface area contributed by atoms with Gasteiger partial charge in [0.15, 0.2) is 5.52 Å². The number of hydrogen-bond donors (Lipinski definition) is 1. The molecule has 1 aliphatic carbocycles. The fourth-order valence-corrected chi connectivity index (χ4v) is 6.08. The van der Waals surface area contributed by atoms with Crippen molar-refractivity contribution in [1.29, 1.82) is 0 Å². The van der Waals surface area contributed by atoms with Crippen LogP contribution >= 0.6 is 22.6 Å². The van der Waals surface area contributed by atoms with Gasteiger partial charge in [0.1, 0.15) is 11.9 Å². The van der Waals surface area contributed by atoms with Gasteiger partial charge in [0.05, 0.1) is 22.8 Å². The molecule has 1 saturated carbocycles. The van der Waals surface area contributed by atoms with Crippen molar-refractivity contribution in [2.24, 2.45) is 18.9 Å². The standard InChI is InChI=1S/C30H34IN5O4/c1-5-6-27(37)36(25-15-19(3)22(31)16-24(25)35-14-13-18(2)17-35)26-12-11-23-28(32-26)29(33-34(23)4)40-21-9-7-20(8-10-21)30(38)39/h11-12,15-16,18,20-21H,7-10,13-14,17H2,1-4H3,(H,38,39)/t18-,20-,21+/m1/s1. The number of amides is 1. The van der Waals surface area contributed by atoms with E-state index in [0.29, 0.717) is 48.8 Å². The Kier molecular flexibility index (Phi) is 8.21. The lowest BCUT2D eigenvalue weighted by molar-refractivity contribution is -0.143. The van der Waals surface area contributed by atoms with E-state index in [9.17, 15) is 14.7 Å². The van der Waals surface area contributed by atoms with Crippen molar-refractivity contribution >= 4 is 62.7 Å². The van der Waals surface area contributed by atoms with Crippen molar-refractivity contribution in [2.75, 3.05) is 22.9 Å². The molecule has 3 heterocycles. The van der Waals surface area contributed by atoms with Crippen LogP contribution in [0.5, 0.6) is 5.88 Å². The van der Waals surface area contributed by atoms with E-state index in [1.807, 2.05) is 32.2 Å². The van der Waals surface area contributed by atoms with Gasteiger partial charge >= 0.3 is 11.9 Å². The highest BCUT2D eigenvalue weighted by atomic mass is 127. The van der Waals surface area contributed by atoms with E-state index in [1.165, 1.54) is 0 Å². The maximum absolute atomic E-state index is 13.6. The maximum atomic E-state index is 13.6. The molecule has 1 amide bonds. The number of aryl methyl sites for hydroxylation is 2. The molecule has 9 nitrogen and oxygen atoms in total. The summed E-state index contributed by atoms with van der Waals surface area (Å²) in [6.07, 6.45) is 3.40. The number of carboxylic acids is 1. The third-order valence-corrected chi connectivity index (χ3v) is 9.04. The van der Waals surface area contributed by atoms with Crippen LogP contribution in [0.1, 0.15) is 51.5 Å². The molecule has 2 aliphatic rings. The van der Waals surface area contributed by atoms with Gasteiger partial charge in [0, 0.05) is 23.7 Å². The van der Waals surface area contributed by atoms with Crippen LogP contribution in [0.25, 0.3) is 11.0 Å². The first-order chi connectivity index (χ1) is 19.2. The third kappa shape index (κ3) is 5.61. The summed E-state index contributed by atoms with van der Waals surface area (Å²) in [5.74, 6) is 5.46. The van der Waals surface area contributed by atoms with E-state index < -0.39 is 5.97 Å². The number of fused-ring (bicyclic) bond motifs is 1. The predicted octanol–water partition coefficient (Wildman–Crippen LogP) is 5.44. The van der Waals surface area contributed by atoms with Gasteiger partial charge in [-0.1, -0.05) is 12.8 Å². The quantitative estimate of drug-likeness (QED) is 0.279. The lowest BCUT2D eigenvalue weighted by Gasteiger charge is -2.28. The molecule has 0 bridgehead atoms. The van der Waals surface area contributed by atoms with Crippen molar-refractivity contribution in [3.8, 4) is 17.7 Å². The number of carbonyl (C=O) groups is 2. The van der Waals surface area contributed by atoms with Crippen molar-refractivity contribution in [3.63, 3.8) is 0 Å². The Labute approximate surface area is 248 Å². The van der Waals surface area contributed by atoms with Gasteiger partial charge in [0.2, 0.25) is 0 Å². The minimum absolute atomic E-state index is 0.134. The molecule has 0 spiro atoms. The highest BCUT2D eigenvalue weighted by Crippen LogP contribution is 2.40. The van der Waals surface area contributed by atoms with Crippen LogP contribution < -0.4 is 14.5 Å². The summed E-state index contributed by atoms with van der Waals surface area (Å²) in [7, 11) is 1.83. The lowest BCUT2D eigenvalue weighted by Crippen LogP contribution is -2.29. The Hall–Kier alpha value is -3.33. The number of ether oxygens (including phenoxy) is 1. The van der Waals surface area contributed by atoms with Gasteiger partial charge in [-0.05, 0) is 110 Å². The zero-order valence-electron chi connectivity index (χ0n) is 23.3. The third-order valence-electron chi connectivity index (χ3n) is 7.88. The molecule has 40 heavy (non-hydrogen) atoms. The summed E-state index contributed by atoms with van der Waals surface area (Å²) in [5.41, 5.74) is 4.15. The van der Waals surface area contributed by atoms with Crippen molar-refractivity contribution in [2.45, 2.75) is 59.0 Å². The molecule has 0 radical (unpaired) electrons. The van der Waals surface area contributed by atoms with Gasteiger partial charge in [-0.2, -0.15) is 0 Å². The van der Waals surface area contributed by atoms with Crippen LogP contribution in [0.3, 0.4) is 0 Å². The summed E-state index contributed by atoms with van der Waals surface area (Å²) < 4.78 is 9.14. The number of benzene rings is 1. The fourth-order valence-electron chi connectivity index (χ4n) is 5.63. The number of carboxylic acid groups (broad SMARTS) is 1. The van der Waals surface area contributed by atoms with Gasteiger partial charge in [-0.3, -0.25) is 19.2 Å². The minimum atomic E-state index is -0.749. The number of hydrogen-bond acceptors (Lipinski definition) is 6. The van der Waals surface area contributed by atoms with E-state index in [2.05, 4.69) is 57.4 Å². The molecule has 3 aromatic rings. The minimum Gasteiger partial charge on any atom is -0.481 e. The van der Waals surface area contributed by atoms with E-state index in [4.69, 9.17) is 9.72 Å². The molecule has 5 rings (SSSR count). The maximum Gasteiger partial charge on any atom is 0.308 e. The number of aromatic nitrogens is 3. The number of halogens is 1. The molecular formula is C30H34IN5O4. The average molecular weight is 656 g/mol. The predicted molar refractivity (Wildman–Crippen MR) is 163 cm³/mol. The van der Waals surface area contributed by atoms with Gasteiger partial charge in [-0.15, -0.1) is 5.10 Å². The van der Waals surface area contributed by atoms with Crippen molar-refractivity contribution in [1.82, 2.24) is 14.8 Å². The molecule has 0 unspecified atom stereocenters. The largest absolute Gasteiger partial charge is 0.481 e. The first-order valence-electron chi connectivity index (χ1n) is 13.7. The average Bonchev–Trinajstić information content (AvgIpc) is 3.49. The summed E-state index contributed by atoms with van der Waals surface area (Å²) >= 11 is 2.35. The number of anilines is 3. The van der Waals surface area contributed by atoms with Crippen LogP contribution in [0.4, 0.5) is 17.2 Å². The highest BCUT2D eigenvalue weighted by Gasteiger charge is 2.30. The Morgan fingerprint density at radius 2 is 1.93 bits per heavy atom. The molecule has 2 fully saturated rings. The fraction of sp³-hybridized carbons (Fsp3) is 0.467. The molecule has 1 N–H and O–H groups in total. The molecule has 1 saturated heterocycles. The van der Waals surface area contributed by atoms with Gasteiger partial charge in [0.25, 0.3) is 5.88 Å². The van der Waals surface area contributed by atoms with Crippen LogP contribution in [0, 0.1) is 34.2 Å². The smallest absolute Gasteiger partial charge is 0.308 e. The summed E-state index contributed by atoms with van der Waals surface area (Å²) in [4.78, 5) is 33.8. The number of rotatable bonds is 6. The monoisotopic (exact) mass is 655 g/mol. The molecule has 10 heteroatoms. The second-order valence-corrected chi connectivity index (χ2v) is 12.0. The number of pyridine rings is 1. The van der Waals surface area contributed by atoms with Crippen LogP contribution in [-0.2, 0) is 16.6 Å². The Balaban J connectivity index is 1.56. The summed E-state index contributed by atoms with van der Waals surface area (Å²) in [6.45, 7) is 7.79. The van der Waals surface area contributed by atoms with Crippen molar-refractivity contribution < 1.29 is 19.4 Å². The number of nitrogens with zero attached hydrogens (tertiary/aromatic N) is 5. The number of carbonyl (C=O) groups excluding carboxylic acids is 1. The highest BCUT2D eigenvalue weighted by molar-refractivity contribution is 14.1. The zero-order valence-corrected chi connectivity index (χ0v) is 25.4. The van der Waals surface area contributed by atoms with E-state index in [1.54, 1.807) is 16.5 Å². The first-order valence-corrected chi connectivity index (χ1v) is 14.8. The second-order valence-electron chi connectivity index (χ2n) is 10.8.